The summed E-state index contributed by atoms with van der Waals surface area (Å²) in [5.74, 6) is 0.570. The van der Waals surface area contributed by atoms with Crippen molar-refractivity contribution < 1.29 is 4.74 Å². The Morgan fingerprint density at radius 1 is 1.14 bits per heavy atom. The van der Waals surface area contributed by atoms with E-state index in [1.165, 1.54) is 10.8 Å². The van der Waals surface area contributed by atoms with E-state index in [1.54, 1.807) is 0 Å². The molecule has 0 bridgehead atoms. The number of hydrogen-bond acceptors (Lipinski definition) is 3. The van der Waals surface area contributed by atoms with Crippen LogP contribution in [0.15, 0.2) is 40.9 Å². The summed E-state index contributed by atoms with van der Waals surface area (Å²) in [6.45, 7) is 1.28. The van der Waals surface area contributed by atoms with Gasteiger partial charge in [-0.25, -0.2) is 4.68 Å². The molecule has 0 unspecified atom stereocenters. The van der Waals surface area contributed by atoms with Crippen LogP contribution in [0.5, 0.6) is 0 Å². The Kier molecular flexibility index (Phi) is 2.97. The molecule has 0 saturated carbocycles. The van der Waals surface area contributed by atoms with E-state index >= 15 is 0 Å². The largest absolute Gasteiger partial charge is 0.382 e. The van der Waals surface area contributed by atoms with Gasteiger partial charge in [-0.3, -0.25) is 0 Å². The number of nitrogen functional groups attached to an aromatic ring is 1. The van der Waals surface area contributed by atoms with Gasteiger partial charge in [0, 0.05) is 16.5 Å². The van der Waals surface area contributed by atoms with Crippen molar-refractivity contribution in [1.29, 1.82) is 0 Å². The molecule has 0 atom stereocenters. The highest BCUT2D eigenvalue weighted by Gasteiger charge is 2.20. The van der Waals surface area contributed by atoms with Crippen molar-refractivity contribution in [3.63, 3.8) is 0 Å². The number of hydrogen-bond donors (Lipinski definition) is 1. The quantitative estimate of drug-likeness (QED) is 0.736. The van der Waals surface area contributed by atoms with Crippen molar-refractivity contribution in [2.45, 2.75) is 13.0 Å². The zero-order valence-corrected chi connectivity index (χ0v) is 12.9. The lowest BCUT2D eigenvalue weighted by atomic mass is 10.1. The van der Waals surface area contributed by atoms with Gasteiger partial charge in [-0.15, -0.1) is 0 Å². The summed E-state index contributed by atoms with van der Waals surface area (Å²) in [6.07, 6.45) is 0.845. The molecule has 0 spiro atoms. The number of ether oxygens (including phenoxy) is 1. The Morgan fingerprint density at radius 3 is 2.86 bits per heavy atom. The van der Waals surface area contributed by atoms with E-state index in [0.717, 1.165) is 34.4 Å². The highest BCUT2D eigenvalue weighted by atomic mass is 79.9. The molecule has 0 amide bonds. The summed E-state index contributed by atoms with van der Waals surface area (Å²) in [4.78, 5) is 0. The first-order chi connectivity index (χ1) is 10.2. The van der Waals surface area contributed by atoms with Crippen molar-refractivity contribution in [3.05, 3.63) is 52.1 Å². The summed E-state index contributed by atoms with van der Waals surface area (Å²) in [6, 6.07) is 12.6. The first-order valence-corrected chi connectivity index (χ1v) is 7.65. The minimum Gasteiger partial charge on any atom is -0.382 e. The topological polar surface area (TPSA) is 53.1 Å². The van der Waals surface area contributed by atoms with Crippen LogP contribution in [-0.4, -0.2) is 16.4 Å². The predicted octanol–water partition coefficient (Wildman–Crippen LogP) is 3.44. The molecule has 4 rings (SSSR count). The Bertz CT molecular complexity index is 841. The van der Waals surface area contributed by atoms with Crippen LogP contribution >= 0.6 is 15.9 Å². The van der Waals surface area contributed by atoms with Crippen molar-refractivity contribution in [2.75, 3.05) is 12.3 Å². The van der Waals surface area contributed by atoms with Crippen LogP contribution in [-0.2, 0) is 17.8 Å². The molecular weight excluding hydrogens is 330 g/mol. The average Bonchev–Trinajstić information content (AvgIpc) is 2.84. The molecule has 21 heavy (non-hydrogen) atoms. The second kappa shape index (κ2) is 4.86. The summed E-state index contributed by atoms with van der Waals surface area (Å²) < 4.78 is 8.51. The van der Waals surface area contributed by atoms with Crippen molar-refractivity contribution in [1.82, 2.24) is 9.78 Å². The van der Waals surface area contributed by atoms with E-state index in [1.807, 2.05) is 10.7 Å². The third-order valence-corrected chi connectivity index (χ3v) is 4.37. The Hall–Kier alpha value is -1.85. The summed E-state index contributed by atoms with van der Waals surface area (Å²) in [5.41, 5.74) is 9.24. The molecule has 3 aromatic rings. The van der Waals surface area contributed by atoms with Gasteiger partial charge in [-0.05, 0) is 35.0 Å². The first kappa shape index (κ1) is 12.9. The minimum absolute atomic E-state index is 0.557. The first-order valence-electron chi connectivity index (χ1n) is 6.86. The number of aromatic nitrogens is 2. The zero-order chi connectivity index (χ0) is 14.4. The normalized spacial score (nSPS) is 14.3. The van der Waals surface area contributed by atoms with Crippen LogP contribution in [0.4, 0.5) is 5.82 Å². The average molecular weight is 344 g/mol. The lowest BCUT2D eigenvalue weighted by molar-refractivity contribution is 0.110. The standard InChI is InChI=1S/C16H14BrN3O/c17-12-3-1-11-8-13(4-2-10(11)7-12)20-15-5-6-21-9-14(15)16(18)19-20/h1-4,7-8H,5-6,9H2,(H2,18,19). The third-order valence-electron chi connectivity index (χ3n) is 3.88. The molecule has 1 aromatic heterocycles. The highest BCUT2D eigenvalue weighted by molar-refractivity contribution is 9.10. The highest BCUT2D eigenvalue weighted by Crippen LogP contribution is 2.27. The van der Waals surface area contributed by atoms with Gasteiger partial charge in [0.25, 0.3) is 0 Å². The molecule has 106 valence electrons. The van der Waals surface area contributed by atoms with Gasteiger partial charge in [0.1, 0.15) is 0 Å². The molecule has 0 radical (unpaired) electrons. The third kappa shape index (κ3) is 2.13. The van der Waals surface area contributed by atoms with Crippen molar-refractivity contribution >= 4 is 32.5 Å². The SMILES string of the molecule is Nc1nn(-c2ccc3cc(Br)ccc3c2)c2c1COCC2. The lowest BCUT2D eigenvalue weighted by Gasteiger charge is -2.15. The fourth-order valence-electron chi connectivity index (χ4n) is 2.81. The molecule has 1 aliphatic rings. The molecule has 4 nitrogen and oxygen atoms in total. The monoisotopic (exact) mass is 343 g/mol. The van der Waals surface area contributed by atoms with Crippen LogP contribution in [0, 0.1) is 0 Å². The molecule has 1 aliphatic heterocycles. The maximum atomic E-state index is 6.01. The molecule has 2 heterocycles. The lowest BCUT2D eigenvalue weighted by Crippen LogP contribution is -2.13. The second-order valence-corrected chi connectivity index (χ2v) is 6.12. The summed E-state index contributed by atoms with van der Waals surface area (Å²) in [5, 5.41) is 6.88. The van der Waals surface area contributed by atoms with Crippen LogP contribution in [0.1, 0.15) is 11.3 Å². The summed E-state index contributed by atoms with van der Waals surface area (Å²) >= 11 is 3.50. The van der Waals surface area contributed by atoms with Crippen LogP contribution in [0.3, 0.4) is 0 Å². The molecular formula is C16H14BrN3O. The van der Waals surface area contributed by atoms with Gasteiger partial charge < -0.3 is 10.5 Å². The van der Waals surface area contributed by atoms with Gasteiger partial charge in [0.2, 0.25) is 0 Å². The van der Waals surface area contributed by atoms with Gasteiger partial charge in [-0.1, -0.05) is 28.1 Å². The number of halogens is 1. The molecule has 5 heteroatoms. The smallest absolute Gasteiger partial charge is 0.151 e. The number of fused-ring (bicyclic) bond motifs is 2. The molecule has 2 N–H and O–H groups in total. The Morgan fingerprint density at radius 2 is 1.95 bits per heavy atom. The van der Waals surface area contributed by atoms with E-state index in [0.29, 0.717) is 12.4 Å². The summed E-state index contributed by atoms with van der Waals surface area (Å²) in [7, 11) is 0. The van der Waals surface area contributed by atoms with Gasteiger partial charge in [0.15, 0.2) is 5.82 Å². The number of anilines is 1. The van der Waals surface area contributed by atoms with E-state index < -0.39 is 0 Å². The molecule has 0 aliphatic carbocycles. The number of nitrogens with two attached hydrogens (primary N) is 1. The minimum atomic E-state index is 0.557. The van der Waals surface area contributed by atoms with Crippen molar-refractivity contribution in [3.8, 4) is 5.69 Å². The van der Waals surface area contributed by atoms with E-state index in [2.05, 4.69) is 51.4 Å². The predicted molar refractivity (Wildman–Crippen MR) is 86.5 cm³/mol. The maximum Gasteiger partial charge on any atom is 0.151 e. The number of nitrogens with zero attached hydrogens (tertiary/aromatic N) is 2. The number of rotatable bonds is 1. The van der Waals surface area contributed by atoms with Gasteiger partial charge in [0.05, 0.1) is 24.6 Å². The van der Waals surface area contributed by atoms with Crippen molar-refractivity contribution in [2.24, 2.45) is 0 Å². The number of benzene rings is 2. The Balaban J connectivity index is 1.88. The van der Waals surface area contributed by atoms with Gasteiger partial charge >= 0.3 is 0 Å². The Labute approximate surface area is 130 Å². The maximum absolute atomic E-state index is 6.01. The van der Waals surface area contributed by atoms with E-state index in [9.17, 15) is 0 Å². The molecule has 0 saturated heterocycles. The molecule has 2 aromatic carbocycles. The van der Waals surface area contributed by atoms with Crippen LogP contribution in [0.25, 0.3) is 16.5 Å². The fraction of sp³-hybridized carbons (Fsp3) is 0.188. The van der Waals surface area contributed by atoms with Crippen LogP contribution in [0.2, 0.25) is 0 Å². The second-order valence-electron chi connectivity index (χ2n) is 5.20. The van der Waals surface area contributed by atoms with E-state index in [4.69, 9.17) is 10.5 Å². The van der Waals surface area contributed by atoms with E-state index in [-0.39, 0.29) is 0 Å². The fourth-order valence-corrected chi connectivity index (χ4v) is 3.19. The van der Waals surface area contributed by atoms with Crippen LogP contribution < -0.4 is 5.73 Å². The zero-order valence-electron chi connectivity index (χ0n) is 11.3. The molecule has 0 fully saturated rings. The van der Waals surface area contributed by atoms with Gasteiger partial charge in [-0.2, -0.15) is 5.10 Å².